The average molecular weight is 292 g/mol. The maximum absolute atomic E-state index is 14.0. The van der Waals surface area contributed by atoms with Crippen LogP contribution in [0.5, 0.6) is 0 Å². The lowest BCUT2D eigenvalue weighted by Gasteiger charge is -2.30. The van der Waals surface area contributed by atoms with Gasteiger partial charge in [-0.25, -0.2) is 4.39 Å². The average Bonchev–Trinajstić information content (AvgIpc) is 2.47. The Bertz CT molecular complexity index is 484. The van der Waals surface area contributed by atoms with Crippen LogP contribution in [0.1, 0.15) is 42.1 Å². The number of hydrogen-bond donors (Lipinski definition) is 1. The highest BCUT2D eigenvalue weighted by molar-refractivity contribution is 5.94. The van der Waals surface area contributed by atoms with Crippen molar-refractivity contribution < 1.29 is 9.18 Å². The largest absolute Gasteiger partial charge is 0.338 e. The Hall–Kier alpha value is -1.42. The summed E-state index contributed by atoms with van der Waals surface area (Å²) in [4.78, 5) is 14.4. The Labute approximate surface area is 126 Å². The Morgan fingerprint density at radius 2 is 2.29 bits per heavy atom. The summed E-state index contributed by atoms with van der Waals surface area (Å²) in [6.07, 6.45) is 3.17. The van der Waals surface area contributed by atoms with E-state index in [9.17, 15) is 9.18 Å². The molecule has 1 atom stereocenters. The molecule has 0 aromatic heterocycles. The maximum Gasteiger partial charge on any atom is 0.256 e. The summed E-state index contributed by atoms with van der Waals surface area (Å²) in [5.74, 6) is -0.120. The molecule has 0 spiro atoms. The van der Waals surface area contributed by atoms with Crippen molar-refractivity contribution in [3.05, 3.63) is 35.1 Å². The molecule has 4 heteroatoms. The smallest absolute Gasteiger partial charge is 0.256 e. The minimum absolute atomic E-state index is 0.181. The number of carbonyl (C=O) groups is 1. The molecule has 1 N–H and O–H groups in total. The molecule has 1 amide bonds. The minimum Gasteiger partial charge on any atom is -0.338 e. The molecule has 0 saturated carbocycles. The molecule has 1 aromatic rings. The maximum atomic E-state index is 14.0. The Morgan fingerprint density at radius 3 is 2.90 bits per heavy atom. The number of hydrogen-bond acceptors (Lipinski definition) is 2. The number of halogens is 1. The van der Waals surface area contributed by atoms with Crippen LogP contribution in [0, 0.1) is 18.7 Å². The van der Waals surface area contributed by atoms with Gasteiger partial charge < -0.3 is 10.2 Å². The topological polar surface area (TPSA) is 32.3 Å². The summed E-state index contributed by atoms with van der Waals surface area (Å²) < 4.78 is 14.0. The van der Waals surface area contributed by atoms with Gasteiger partial charge in [0.25, 0.3) is 5.91 Å². The summed E-state index contributed by atoms with van der Waals surface area (Å²) in [5.41, 5.74) is 1.03. The van der Waals surface area contributed by atoms with E-state index in [0.29, 0.717) is 19.0 Å². The normalized spacial score (nSPS) is 18.5. The number of benzene rings is 1. The third-order valence-electron chi connectivity index (χ3n) is 4.01. The van der Waals surface area contributed by atoms with Crippen LogP contribution in [0.2, 0.25) is 0 Å². The molecule has 1 fully saturated rings. The predicted molar refractivity (Wildman–Crippen MR) is 82.9 cm³/mol. The summed E-state index contributed by atoms with van der Waals surface area (Å²) in [7, 11) is 0. The van der Waals surface area contributed by atoms with Crippen LogP contribution in [0.15, 0.2) is 18.2 Å². The van der Waals surface area contributed by atoms with E-state index < -0.39 is 5.82 Å². The first kappa shape index (κ1) is 16.0. The highest BCUT2D eigenvalue weighted by Crippen LogP contribution is 2.17. The van der Waals surface area contributed by atoms with Crippen molar-refractivity contribution in [3.8, 4) is 0 Å². The lowest BCUT2D eigenvalue weighted by atomic mass is 9.98. The van der Waals surface area contributed by atoms with Crippen molar-refractivity contribution >= 4 is 5.91 Å². The molecule has 1 aromatic carbocycles. The Kier molecular flexibility index (Phi) is 5.74. The summed E-state index contributed by atoms with van der Waals surface area (Å²) in [5, 5.41) is 3.37. The fraction of sp³-hybridized carbons (Fsp3) is 0.588. The molecule has 1 unspecified atom stereocenters. The van der Waals surface area contributed by atoms with Crippen molar-refractivity contribution in [1.82, 2.24) is 10.2 Å². The lowest BCUT2D eigenvalue weighted by molar-refractivity contribution is 0.0714. The Morgan fingerprint density at radius 1 is 1.48 bits per heavy atom. The lowest BCUT2D eigenvalue weighted by Crippen LogP contribution is -2.41. The first-order valence-corrected chi connectivity index (χ1v) is 7.88. The molecule has 1 aliphatic heterocycles. The SMILES string of the molecule is CCCN(CC1CCCNC1)C(=O)c1ccc(C)cc1F. The van der Waals surface area contributed by atoms with Crippen molar-refractivity contribution in [3.63, 3.8) is 0 Å². The van der Waals surface area contributed by atoms with Gasteiger partial charge in [-0.3, -0.25) is 4.79 Å². The monoisotopic (exact) mass is 292 g/mol. The molecule has 1 saturated heterocycles. The van der Waals surface area contributed by atoms with Crippen LogP contribution in [0.4, 0.5) is 4.39 Å². The number of piperidine rings is 1. The van der Waals surface area contributed by atoms with Gasteiger partial charge in [-0.2, -0.15) is 0 Å². The molecule has 0 radical (unpaired) electrons. The number of nitrogens with one attached hydrogen (secondary N) is 1. The highest BCUT2D eigenvalue weighted by Gasteiger charge is 2.23. The van der Waals surface area contributed by atoms with E-state index in [1.165, 1.54) is 6.07 Å². The van der Waals surface area contributed by atoms with E-state index in [4.69, 9.17) is 0 Å². The van der Waals surface area contributed by atoms with E-state index in [0.717, 1.165) is 37.9 Å². The second kappa shape index (κ2) is 7.55. The van der Waals surface area contributed by atoms with Crippen molar-refractivity contribution in [2.75, 3.05) is 26.2 Å². The van der Waals surface area contributed by atoms with E-state index in [1.54, 1.807) is 12.1 Å². The number of aryl methyl sites for hydroxylation is 1. The van der Waals surface area contributed by atoms with Crippen LogP contribution in [-0.4, -0.2) is 37.0 Å². The predicted octanol–water partition coefficient (Wildman–Crippen LogP) is 2.99. The van der Waals surface area contributed by atoms with Gasteiger partial charge >= 0.3 is 0 Å². The first-order valence-electron chi connectivity index (χ1n) is 7.88. The van der Waals surface area contributed by atoms with Gasteiger partial charge in [0, 0.05) is 13.1 Å². The molecular weight excluding hydrogens is 267 g/mol. The van der Waals surface area contributed by atoms with Crippen LogP contribution < -0.4 is 5.32 Å². The summed E-state index contributed by atoms with van der Waals surface area (Å²) in [6.45, 7) is 7.28. The molecule has 1 aliphatic rings. The number of carbonyl (C=O) groups excluding carboxylic acids is 1. The van der Waals surface area contributed by atoms with E-state index in [2.05, 4.69) is 5.32 Å². The Balaban J connectivity index is 2.10. The second-order valence-corrected chi connectivity index (χ2v) is 5.95. The molecule has 116 valence electrons. The molecule has 21 heavy (non-hydrogen) atoms. The molecule has 0 bridgehead atoms. The van der Waals surface area contributed by atoms with Gasteiger partial charge in [-0.05, 0) is 62.9 Å². The third kappa shape index (κ3) is 4.27. The fourth-order valence-corrected chi connectivity index (χ4v) is 2.90. The minimum atomic E-state index is -0.414. The molecule has 3 nitrogen and oxygen atoms in total. The standard InChI is InChI=1S/C17H25FN2O/c1-3-9-20(12-14-5-4-8-19-11-14)17(21)15-7-6-13(2)10-16(15)18/h6-7,10,14,19H,3-5,8-9,11-12H2,1-2H3. The fourth-order valence-electron chi connectivity index (χ4n) is 2.90. The molecular formula is C17H25FN2O. The summed E-state index contributed by atoms with van der Waals surface area (Å²) in [6, 6.07) is 4.83. The van der Waals surface area contributed by atoms with Crippen molar-refractivity contribution in [1.29, 1.82) is 0 Å². The molecule has 2 rings (SSSR count). The van der Waals surface area contributed by atoms with Gasteiger partial charge in [0.2, 0.25) is 0 Å². The zero-order valence-corrected chi connectivity index (χ0v) is 13.0. The molecule has 0 aliphatic carbocycles. The van der Waals surface area contributed by atoms with Gasteiger partial charge in [0.1, 0.15) is 5.82 Å². The van der Waals surface area contributed by atoms with E-state index in [-0.39, 0.29) is 11.5 Å². The zero-order valence-electron chi connectivity index (χ0n) is 13.0. The van der Waals surface area contributed by atoms with Crippen LogP contribution in [-0.2, 0) is 0 Å². The summed E-state index contributed by atoms with van der Waals surface area (Å²) >= 11 is 0. The van der Waals surface area contributed by atoms with Gasteiger partial charge in [-0.1, -0.05) is 13.0 Å². The van der Waals surface area contributed by atoms with Crippen LogP contribution in [0.3, 0.4) is 0 Å². The van der Waals surface area contributed by atoms with E-state index in [1.807, 2.05) is 18.7 Å². The first-order chi connectivity index (χ1) is 10.1. The molecule has 1 heterocycles. The van der Waals surface area contributed by atoms with Crippen LogP contribution in [0.25, 0.3) is 0 Å². The zero-order chi connectivity index (χ0) is 15.2. The van der Waals surface area contributed by atoms with Gasteiger partial charge in [-0.15, -0.1) is 0 Å². The highest BCUT2D eigenvalue weighted by atomic mass is 19.1. The second-order valence-electron chi connectivity index (χ2n) is 5.95. The van der Waals surface area contributed by atoms with Crippen molar-refractivity contribution in [2.24, 2.45) is 5.92 Å². The van der Waals surface area contributed by atoms with Gasteiger partial charge in [0.15, 0.2) is 0 Å². The third-order valence-corrected chi connectivity index (χ3v) is 4.01. The van der Waals surface area contributed by atoms with Crippen LogP contribution >= 0.6 is 0 Å². The number of amides is 1. The number of nitrogens with zero attached hydrogens (tertiary/aromatic N) is 1. The van der Waals surface area contributed by atoms with E-state index >= 15 is 0 Å². The van der Waals surface area contributed by atoms with Crippen molar-refractivity contribution in [2.45, 2.75) is 33.1 Å². The van der Waals surface area contributed by atoms with Gasteiger partial charge in [0.05, 0.1) is 5.56 Å². The quantitative estimate of drug-likeness (QED) is 0.905. The number of rotatable bonds is 5.